The monoisotopic (exact) mass is 398 g/mol. The summed E-state index contributed by atoms with van der Waals surface area (Å²) in [5.41, 5.74) is 2.54. The second kappa shape index (κ2) is 8.20. The minimum absolute atomic E-state index is 0.133. The molecular weight excluding hydrogens is 376 g/mol. The molecule has 1 saturated carbocycles. The fraction of sp³-hybridized carbons (Fsp3) is 0.333. The molecule has 146 valence electrons. The molecule has 0 aliphatic heterocycles. The summed E-state index contributed by atoms with van der Waals surface area (Å²) in [6.07, 6.45) is 6.61. The van der Waals surface area contributed by atoms with Crippen LogP contribution < -0.4 is 4.90 Å². The van der Waals surface area contributed by atoms with E-state index in [0.717, 1.165) is 53.6 Å². The van der Waals surface area contributed by atoms with Crippen molar-refractivity contribution < 1.29 is 10.0 Å². The fourth-order valence-corrected chi connectivity index (χ4v) is 3.87. The first kappa shape index (κ1) is 18.8. The largest absolute Gasteiger partial charge is 0.348 e. The van der Waals surface area contributed by atoms with Gasteiger partial charge in [0.05, 0.1) is 24.3 Å². The van der Waals surface area contributed by atoms with Crippen molar-refractivity contribution in [2.24, 2.45) is 0 Å². The van der Waals surface area contributed by atoms with Crippen molar-refractivity contribution in [3.05, 3.63) is 59.2 Å². The highest BCUT2D eigenvalue weighted by Crippen LogP contribution is 2.27. The number of fused-ring (bicyclic) bond motifs is 1. The standard InChI is InChI=1S/C21H23ClN4O2/c22-17-8-6-15(7-9-17)14-25(19-10-11-20-16(12-19)13-23-24-20)21(27)26(28)18-4-2-1-3-5-18/h6-13,18,28H,1-5,14H2,(H,23,24). The molecule has 3 aromatic rings. The molecule has 0 atom stereocenters. The van der Waals surface area contributed by atoms with E-state index in [1.807, 2.05) is 30.3 Å². The van der Waals surface area contributed by atoms with Crippen LogP contribution in [0.5, 0.6) is 0 Å². The zero-order valence-corrected chi connectivity index (χ0v) is 16.3. The highest BCUT2D eigenvalue weighted by atomic mass is 35.5. The Morgan fingerprint density at radius 3 is 2.64 bits per heavy atom. The second-order valence-electron chi connectivity index (χ2n) is 7.27. The Labute approximate surface area is 168 Å². The number of anilines is 1. The van der Waals surface area contributed by atoms with Crippen LogP contribution in [0.15, 0.2) is 48.7 Å². The smallest absolute Gasteiger partial charge is 0.288 e. The zero-order chi connectivity index (χ0) is 19.5. The van der Waals surface area contributed by atoms with Crippen molar-refractivity contribution in [3.63, 3.8) is 0 Å². The first-order valence-electron chi connectivity index (χ1n) is 9.59. The van der Waals surface area contributed by atoms with Gasteiger partial charge in [-0.15, -0.1) is 0 Å². The number of aromatic nitrogens is 2. The predicted octanol–water partition coefficient (Wildman–Crippen LogP) is 5.37. The predicted molar refractivity (Wildman–Crippen MR) is 110 cm³/mol. The van der Waals surface area contributed by atoms with Crippen LogP contribution in [-0.2, 0) is 6.54 Å². The van der Waals surface area contributed by atoms with Gasteiger partial charge in [-0.25, -0.2) is 9.86 Å². The summed E-state index contributed by atoms with van der Waals surface area (Å²) in [4.78, 5) is 14.8. The normalized spacial score (nSPS) is 14.9. The number of halogens is 1. The zero-order valence-electron chi connectivity index (χ0n) is 15.5. The quantitative estimate of drug-likeness (QED) is 0.458. The molecule has 0 bridgehead atoms. The number of aromatic amines is 1. The maximum absolute atomic E-state index is 13.2. The Bertz CT molecular complexity index is 950. The van der Waals surface area contributed by atoms with Crippen LogP contribution in [0.1, 0.15) is 37.7 Å². The topological polar surface area (TPSA) is 72.5 Å². The number of carbonyl (C=O) groups excluding carboxylic acids is 1. The van der Waals surface area contributed by atoms with Gasteiger partial charge in [-0.2, -0.15) is 5.10 Å². The number of H-pyrrole nitrogens is 1. The van der Waals surface area contributed by atoms with Gasteiger partial charge >= 0.3 is 6.03 Å². The van der Waals surface area contributed by atoms with Gasteiger partial charge in [-0.05, 0) is 48.7 Å². The van der Waals surface area contributed by atoms with Gasteiger partial charge in [0.15, 0.2) is 0 Å². The molecule has 28 heavy (non-hydrogen) atoms. The van der Waals surface area contributed by atoms with Crippen molar-refractivity contribution >= 4 is 34.2 Å². The van der Waals surface area contributed by atoms with Crippen LogP contribution in [0.3, 0.4) is 0 Å². The molecule has 4 rings (SSSR count). The summed E-state index contributed by atoms with van der Waals surface area (Å²) in [6, 6.07) is 12.5. The molecule has 7 heteroatoms. The van der Waals surface area contributed by atoms with Gasteiger partial charge in [-0.1, -0.05) is 43.0 Å². The average molecular weight is 399 g/mol. The molecule has 1 aliphatic rings. The van der Waals surface area contributed by atoms with E-state index >= 15 is 0 Å². The Morgan fingerprint density at radius 2 is 1.89 bits per heavy atom. The van der Waals surface area contributed by atoms with E-state index in [9.17, 15) is 10.0 Å². The molecule has 6 nitrogen and oxygen atoms in total. The Hall–Kier alpha value is -2.57. The lowest BCUT2D eigenvalue weighted by molar-refractivity contribution is -0.0846. The van der Waals surface area contributed by atoms with E-state index in [1.54, 1.807) is 23.2 Å². The molecule has 1 aromatic heterocycles. The van der Waals surface area contributed by atoms with Gasteiger partial charge in [0.25, 0.3) is 0 Å². The van der Waals surface area contributed by atoms with Gasteiger partial charge in [0.2, 0.25) is 0 Å². The number of amides is 2. The average Bonchev–Trinajstić information content (AvgIpc) is 3.21. The maximum Gasteiger partial charge on any atom is 0.348 e. The summed E-state index contributed by atoms with van der Waals surface area (Å²) < 4.78 is 0. The highest BCUT2D eigenvalue weighted by molar-refractivity contribution is 6.30. The second-order valence-corrected chi connectivity index (χ2v) is 7.71. The lowest BCUT2D eigenvalue weighted by Gasteiger charge is -2.33. The highest BCUT2D eigenvalue weighted by Gasteiger charge is 2.29. The minimum Gasteiger partial charge on any atom is -0.288 e. The van der Waals surface area contributed by atoms with Crippen LogP contribution in [0.4, 0.5) is 10.5 Å². The molecule has 1 aliphatic carbocycles. The van der Waals surface area contributed by atoms with Crippen molar-refractivity contribution in [2.45, 2.75) is 44.7 Å². The number of hydrogen-bond donors (Lipinski definition) is 2. The third kappa shape index (κ3) is 3.98. The molecule has 1 heterocycles. The third-order valence-electron chi connectivity index (χ3n) is 5.34. The van der Waals surface area contributed by atoms with Crippen LogP contribution in [-0.4, -0.2) is 32.5 Å². The van der Waals surface area contributed by atoms with Crippen molar-refractivity contribution in [1.82, 2.24) is 15.3 Å². The van der Waals surface area contributed by atoms with Gasteiger partial charge in [0, 0.05) is 16.1 Å². The van der Waals surface area contributed by atoms with Crippen molar-refractivity contribution in [3.8, 4) is 0 Å². The van der Waals surface area contributed by atoms with Gasteiger partial charge < -0.3 is 0 Å². The summed E-state index contributed by atoms with van der Waals surface area (Å²) in [6.45, 7) is 0.336. The van der Waals surface area contributed by atoms with E-state index in [4.69, 9.17) is 11.6 Å². The number of urea groups is 1. The van der Waals surface area contributed by atoms with Crippen LogP contribution in [0.25, 0.3) is 10.9 Å². The van der Waals surface area contributed by atoms with Crippen molar-refractivity contribution in [2.75, 3.05) is 4.90 Å². The first-order chi connectivity index (χ1) is 13.6. The minimum atomic E-state index is -0.412. The number of nitrogens with one attached hydrogen (secondary N) is 1. The van der Waals surface area contributed by atoms with Gasteiger partial charge in [-0.3, -0.25) is 15.2 Å². The number of hydrogen-bond acceptors (Lipinski definition) is 3. The van der Waals surface area contributed by atoms with Crippen LogP contribution in [0.2, 0.25) is 5.02 Å². The Balaban J connectivity index is 1.65. The van der Waals surface area contributed by atoms with E-state index < -0.39 is 6.03 Å². The first-order valence-corrected chi connectivity index (χ1v) is 9.97. The Morgan fingerprint density at radius 1 is 1.14 bits per heavy atom. The summed E-state index contributed by atoms with van der Waals surface area (Å²) in [5, 5.41) is 20.1. The Kier molecular flexibility index (Phi) is 5.50. The van der Waals surface area contributed by atoms with E-state index in [-0.39, 0.29) is 6.04 Å². The summed E-state index contributed by atoms with van der Waals surface area (Å²) in [7, 11) is 0. The van der Waals surface area contributed by atoms with E-state index in [2.05, 4.69) is 10.2 Å². The molecule has 2 aromatic carbocycles. The van der Waals surface area contributed by atoms with E-state index in [0.29, 0.717) is 17.3 Å². The van der Waals surface area contributed by atoms with Crippen LogP contribution in [0, 0.1) is 0 Å². The molecule has 2 amide bonds. The van der Waals surface area contributed by atoms with Crippen molar-refractivity contribution in [1.29, 1.82) is 0 Å². The summed E-state index contributed by atoms with van der Waals surface area (Å²) >= 11 is 5.99. The molecule has 2 N–H and O–H groups in total. The molecule has 0 radical (unpaired) electrons. The molecule has 1 fully saturated rings. The number of nitrogens with zero attached hydrogens (tertiary/aromatic N) is 3. The molecular formula is C21H23ClN4O2. The molecule has 0 saturated heterocycles. The van der Waals surface area contributed by atoms with Crippen LogP contribution >= 0.6 is 11.6 Å². The third-order valence-corrected chi connectivity index (χ3v) is 5.59. The maximum atomic E-state index is 13.2. The SMILES string of the molecule is O=C(N(Cc1ccc(Cl)cc1)c1ccc2[nH]ncc2c1)N(O)C1CCCCC1. The molecule has 0 unspecified atom stereocenters. The lowest BCUT2D eigenvalue weighted by atomic mass is 9.95. The summed E-state index contributed by atoms with van der Waals surface area (Å²) in [5.74, 6) is 0. The fourth-order valence-electron chi connectivity index (χ4n) is 3.75. The number of benzene rings is 2. The van der Waals surface area contributed by atoms with E-state index in [1.165, 1.54) is 0 Å². The lowest BCUT2D eigenvalue weighted by Crippen LogP contribution is -2.47. The van der Waals surface area contributed by atoms with Gasteiger partial charge in [0.1, 0.15) is 0 Å². The number of rotatable bonds is 4. The molecule has 0 spiro atoms. The number of carbonyl (C=O) groups is 1. The number of hydroxylamine groups is 2.